The molecule has 0 unspecified atom stereocenters. The van der Waals surface area contributed by atoms with Crippen LogP contribution in [0.4, 0.5) is 0 Å². The van der Waals surface area contributed by atoms with Crippen molar-refractivity contribution in [3.8, 4) is 0 Å². The fraction of sp³-hybridized carbons (Fsp3) is 0.360. The summed E-state index contributed by atoms with van der Waals surface area (Å²) in [5.74, 6) is -0.643. The van der Waals surface area contributed by atoms with E-state index in [9.17, 15) is 14.7 Å². The molecule has 166 valence electrons. The van der Waals surface area contributed by atoms with Crippen molar-refractivity contribution < 1.29 is 19.4 Å². The number of nitrogens with one attached hydrogen (secondary N) is 1. The molecule has 0 fully saturated rings. The zero-order valence-electron chi connectivity index (χ0n) is 18.4. The molecule has 31 heavy (non-hydrogen) atoms. The fourth-order valence-electron chi connectivity index (χ4n) is 2.96. The number of benzene rings is 2. The lowest BCUT2D eigenvalue weighted by Crippen LogP contribution is -2.29. The van der Waals surface area contributed by atoms with Crippen LogP contribution >= 0.6 is 11.6 Å². The van der Waals surface area contributed by atoms with E-state index < -0.39 is 11.6 Å². The molecule has 0 radical (unpaired) electrons. The van der Waals surface area contributed by atoms with Crippen molar-refractivity contribution in [3.63, 3.8) is 0 Å². The third kappa shape index (κ3) is 8.19. The molecule has 2 aromatic carbocycles. The van der Waals surface area contributed by atoms with E-state index in [0.717, 1.165) is 28.7 Å². The van der Waals surface area contributed by atoms with Gasteiger partial charge in [0.15, 0.2) is 0 Å². The largest absolute Gasteiger partial charge is 0.460 e. The molecule has 1 amide bonds. The van der Waals surface area contributed by atoms with E-state index in [2.05, 4.69) is 5.32 Å². The number of ether oxygens (including phenoxy) is 1. The number of carbonyl (C=O) groups excluding carboxylic acids is 2. The third-order valence-electron chi connectivity index (χ3n) is 4.54. The van der Waals surface area contributed by atoms with Gasteiger partial charge in [-0.05, 0) is 61.6 Å². The summed E-state index contributed by atoms with van der Waals surface area (Å²) in [4.78, 5) is 24.3. The van der Waals surface area contributed by atoms with Gasteiger partial charge in [-0.1, -0.05) is 54.9 Å². The van der Waals surface area contributed by atoms with Gasteiger partial charge >= 0.3 is 5.97 Å². The van der Waals surface area contributed by atoms with Crippen molar-refractivity contribution in [2.45, 2.75) is 52.2 Å². The van der Waals surface area contributed by atoms with Crippen LogP contribution in [0, 0.1) is 0 Å². The van der Waals surface area contributed by atoms with Gasteiger partial charge in [0.25, 0.3) is 0 Å². The monoisotopic (exact) mass is 443 g/mol. The van der Waals surface area contributed by atoms with E-state index in [-0.39, 0.29) is 24.9 Å². The minimum absolute atomic E-state index is 0.161. The number of aryl methyl sites for hydroxylation is 1. The zero-order chi connectivity index (χ0) is 23.0. The fourth-order valence-corrected chi connectivity index (χ4v) is 3.22. The van der Waals surface area contributed by atoms with Gasteiger partial charge in [-0.25, -0.2) is 0 Å². The van der Waals surface area contributed by atoms with E-state index >= 15 is 0 Å². The molecule has 2 N–H and O–H groups in total. The Hall–Kier alpha value is -2.63. The highest BCUT2D eigenvalue weighted by Gasteiger charge is 2.17. The average Bonchev–Trinajstić information content (AvgIpc) is 2.70. The molecule has 2 aromatic rings. The molecular formula is C25H30ClNO4. The normalized spacial score (nSPS) is 12.6. The van der Waals surface area contributed by atoms with Gasteiger partial charge in [0.05, 0.1) is 19.1 Å². The molecule has 0 aliphatic heterocycles. The van der Waals surface area contributed by atoms with Crippen molar-refractivity contribution in [1.29, 1.82) is 0 Å². The molecule has 0 aliphatic rings. The molecular weight excluding hydrogens is 414 g/mol. The number of halogens is 1. The number of aliphatic hydroxyl groups is 1. The summed E-state index contributed by atoms with van der Waals surface area (Å²) >= 11 is 6.25. The predicted octanol–water partition coefficient (Wildman–Crippen LogP) is 4.65. The average molecular weight is 444 g/mol. The maximum atomic E-state index is 12.3. The summed E-state index contributed by atoms with van der Waals surface area (Å²) in [7, 11) is 0. The lowest BCUT2D eigenvalue weighted by Gasteiger charge is -2.19. The van der Waals surface area contributed by atoms with Crippen LogP contribution in [0.15, 0.2) is 48.5 Å². The first kappa shape index (κ1) is 24.6. The van der Waals surface area contributed by atoms with E-state index in [4.69, 9.17) is 16.3 Å². The number of rotatable bonds is 8. The number of amides is 1. The van der Waals surface area contributed by atoms with Gasteiger partial charge in [-0.15, -0.1) is 0 Å². The summed E-state index contributed by atoms with van der Waals surface area (Å²) in [6.07, 6.45) is 4.09. The second-order valence-electron chi connectivity index (χ2n) is 8.29. The van der Waals surface area contributed by atoms with Crippen LogP contribution in [0.1, 0.15) is 56.0 Å². The van der Waals surface area contributed by atoms with Crippen molar-refractivity contribution >= 4 is 29.6 Å². The summed E-state index contributed by atoms with van der Waals surface area (Å²) in [5, 5.41) is 13.1. The van der Waals surface area contributed by atoms with Crippen molar-refractivity contribution in [2.75, 3.05) is 6.61 Å². The third-order valence-corrected chi connectivity index (χ3v) is 4.86. The first-order chi connectivity index (χ1) is 14.6. The lowest BCUT2D eigenvalue weighted by atomic mass is 10.0. The molecule has 1 atom stereocenters. The van der Waals surface area contributed by atoms with Crippen LogP contribution in [0.25, 0.3) is 6.08 Å². The quantitative estimate of drug-likeness (QED) is 0.460. The van der Waals surface area contributed by atoms with Crippen LogP contribution < -0.4 is 5.32 Å². The minimum atomic E-state index is -0.564. The van der Waals surface area contributed by atoms with Gasteiger partial charge in [0.1, 0.15) is 5.60 Å². The van der Waals surface area contributed by atoms with Gasteiger partial charge in [0.2, 0.25) is 5.91 Å². The SMILES string of the molecule is CCc1ccc(C=CC(=O)N[C@H](CO)c2ccc(CC(=O)OC(C)(C)C)cc2)c(Cl)c1. The smallest absolute Gasteiger partial charge is 0.310 e. The minimum Gasteiger partial charge on any atom is -0.460 e. The topological polar surface area (TPSA) is 75.6 Å². The molecule has 0 bridgehead atoms. The zero-order valence-corrected chi connectivity index (χ0v) is 19.2. The molecule has 0 aliphatic carbocycles. The predicted molar refractivity (Wildman–Crippen MR) is 124 cm³/mol. The van der Waals surface area contributed by atoms with Crippen LogP contribution in [0.2, 0.25) is 5.02 Å². The number of aliphatic hydroxyl groups excluding tert-OH is 1. The van der Waals surface area contributed by atoms with Gasteiger partial charge in [0, 0.05) is 11.1 Å². The van der Waals surface area contributed by atoms with Gasteiger partial charge in [-0.2, -0.15) is 0 Å². The Morgan fingerprint density at radius 2 is 1.77 bits per heavy atom. The Labute approximate surface area is 189 Å². The van der Waals surface area contributed by atoms with Crippen LogP contribution in [0.5, 0.6) is 0 Å². The van der Waals surface area contributed by atoms with Crippen LogP contribution in [-0.4, -0.2) is 29.2 Å². The van der Waals surface area contributed by atoms with Crippen molar-refractivity contribution in [3.05, 3.63) is 75.8 Å². The van der Waals surface area contributed by atoms with E-state index in [1.54, 1.807) is 30.3 Å². The second kappa shape index (κ2) is 11.1. The van der Waals surface area contributed by atoms with Crippen molar-refractivity contribution in [2.24, 2.45) is 0 Å². The molecule has 0 aromatic heterocycles. The van der Waals surface area contributed by atoms with E-state index in [1.165, 1.54) is 6.08 Å². The van der Waals surface area contributed by atoms with Gasteiger partial charge in [-0.3, -0.25) is 9.59 Å². The highest BCUT2D eigenvalue weighted by Crippen LogP contribution is 2.20. The molecule has 0 saturated carbocycles. The van der Waals surface area contributed by atoms with E-state index in [0.29, 0.717) is 5.02 Å². The number of esters is 1. The molecule has 0 spiro atoms. The Morgan fingerprint density at radius 3 is 2.32 bits per heavy atom. The van der Waals surface area contributed by atoms with Crippen LogP contribution in [0.3, 0.4) is 0 Å². The first-order valence-corrected chi connectivity index (χ1v) is 10.7. The maximum absolute atomic E-state index is 12.3. The summed E-state index contributed by atoms with van der Waals surface area (Å²) < 4.78 is 5.32. The Bertz CT molecular complexity index is 930. The first-order valence-electron chi connectivity index (χ1n) is 10.3. The Kier molecular flexibility index (Phi) is 8.84. The summed E-state index contributed by atoms with van der Waals surface area (Å²) in [5.41, 5.74) is 2.88. The van der Waals surface area contributed by atoms with E-state index in [1.807, 2.05) is 45.9 Å². The Morgan fingerprint density at radius 1 is 1.13 bits per heavy atom. The summed E-state index contributed by atoms with van der Waals surface area (Å²) in [6, 6.07) is 12.3. The number of hydrogen-bond donors (Lipinski definition) is 2. The highest BCUT2D eigenvalue weighted by molar-refractivity contribution is 6.32. The standard InChI is InChI=1S/C25H30ClNO4/c1-5-17-6-9-19(21(26)14-17)12-13-23(29)27-22(16-28)20-10-7-18(8-11-20)15-24(30)31-25(2,3)4/h6-14,22,28H,5,15-16H2,1-4H3,(H,27,29)/t22-/m1/s1. The molecule has 0 heterocycles. The Balaban J connectivity index is 1.99. The van der Waals surface area contributed by atoms with Gasteiger partial charge < -0.3 is 15.2 Å². The molecule has 5 nitrogen and oxygen atoms in total. The van der Waals surface area contributed by atoms with Crippen molar-refractivity contribution in [1.82, 2.24) is 5.32 Å². The van der Waals surface area contributed by atoms with Crippen LogP contribution in [-0.2, 0) is 27.2 Å². The maximum Gasteiger partial charge on any atom is 0.310 e. The molecule has 2 rings (SSSR count). The summed E-state index contributed by atoms with van der Waals surface area (Å²) in [6.45, 7) is 7.27. The highest BCUT2D eigenvalue weighted by atomic mass is 35.5. The lowest BCUT2D eigenvalue weighted by molar-refractivity contribution is -0.153. The molecule has 0 saturated heterocycles. The molecule has 6 heteroatoms. The second-order valence-corrected chi connectivity index (χ2v) is 8.70. The number of carbonyl (C=O) groups is 2. The number of hydrogen-bond acceptors (Lipinski definition) is 4.